The molecule has 1 fully saturated rings. The number of anilines is 1. The first-order valence-electron chi connectivity index (χ1n) is 5.53. The second-order valence-corrected chi connectivity index (χ2v) is 3.88. The number of halogens is 1. The summed E-state index contributed by atoms with van der Waals surface area (Å²) in [5.74, 6) is -0.307. The predicted molar refractivity (Wildman–Crippen MR) is 60.0 cm³/mol. The average molecular weight is 225 g/mol. The lowest BCUT2D eigenvalue weighted by Gasteiger charge is -2.24. The highest BCUT2D eigenvalue weighted by Crippen LogP contribution is 2.22. The fraction of sp³-hybridized carbons (Fsp3) is 0.500. The number of aliphatic hydroxyl groups is 1. The molecule has 2 rings (SSSR count). The molecule has 0 saturated carbocycles. The van der Waals surface area contributed by atoms with Gasteiger partial charge in [-0.25, -0.2) is 4.39 Å². The van der Waals surface area contributed by atoms with E-state index in [4.69, 9.17) is 4.74 Å². The van der Waals surface area contributed by atoms with Crippen molar-refractivity contribution >= 4 is 5.69 Å². The summed E-state index contributed by atoms with van der Waals surface area (Å²) < 4.78 is 18.4. The second kappa shape index (κ2) is 5.27. The van der Waals surface area contributed by atoms with Gasteiger partial charge in [-0.3, -0.25) is 0 Å². The van der Waals surface area contributed by atoms with Gasteiger partial charge in [-0.1, -0.05) is 0 Å². The number of hydrogen-bond donors (Lipinski definition) is 1. The summed E-state index contributed by atoms with van der Waals surface area (Å²) >= 11 is 0. The van der Waals surface area contributed by atoms with E-state index in [9.17, 15) is 9.50 Å². The Bertz CT molecular complexity index is 349. The first-order chi connectivity index (χ1) is 7.81. The quantitative estimate of drug-likeness (QED) is 0.828. The number of ether oxygens (including phenoxy) is 1. The maximum absolute atomic E-state index is 13.0. The van der Waals surface area contributed by atoms with Crippen LogP contribution in [0, 0.1) is 5.82 Å². The maximum Gasteiger partial charge on any atom is 0.123 e. The smallest absolute Gasteiger partial charge is 0.123 e. The molecule has 0 atom stereocenters. The van der Waals surface area contributed by atoms with Crippen LogP contribution in [0.25, 0.3) is 0 Å². The van der Waals surface area contributed by atoms with Crippen molar-refractivity contribution in [3.8, 4) is 0 Å². The molecule has 4 heteroatoms. The molecule has 0 radical (unpaired) electrons. The molecule has 1 aliphatic heterocycles. The van der Waals surface area contributed by atoms with Gasteiger partial charge in [0, 0.05) is 30.9 Å². The van der Waals surface area contributed by atoms with Gasteiger partial charge in [0.15, 0.2) is 0 Å². The van der Waals surface area contributed by atoms with Crippen molar-refractivity contribution in [2.45, 2.75) is 13.0 Å². The van der Waals surface area contributed by atoms with Gasteiger partial charge >= 0.3 is 0 Å². The third-order valence-electron chi connectivity index (χ3n) is 2.77. The molecule has 16 heavy (non-hydrogen) atoms. The fourth-order valence-electron chi connectivity index (χ4n) is 1.98. The van der Waals surface area contributed by atoms with E-state index in [1.807, 2.05) is 0 Å². The van der Waals surface area contributed by atoms with E-state index >= 15 is 0 Å². The van der Waals surface area contributed by atoms with E-state index in [1.165, 1.54) is 12.1 Å². The zero-order valence-electron chi connectivity index (χ0n) is 9.16. The molecule has 1 heterocycles. The van der Waals surface area contributed by atoms with Crippen LogP contribution < -0.4 is 4.90 Å². The standard InChI is InChI=1S/C12H16FNO2/c13-11-2-3-12(10(8-11)9-15)14-4-1-6-16-7-5-14/h2-3,8,15H,1,4-7,9H2. The van der Waals surface area contributed by atoms with Crippen molar-refractivity contribution in [3.05, 3.63) is 29.6 Å². The van der Waals surface area contributed by atoms with Crippen LogP contribution >= 0.6 is 0 Å². The SMILES string of the molecule is OCc1cc(F)ccc1N1CCCOCC1. The lowest BCUT2D eigenvalue weighted by atomic mass is 10.1. The molecule has 88 valence electrons. The highest BCUT2D eigenvalue weighted by molar-refractivity contribution is 5.53. The van der Waals surface area contributed by atoms with Crippen molar-refractivity contribution in [2.75, 3.05) is 31.2 Å². The second-order valence-electron chi connectivity index (χ2n) is 3.88. The molecule has 3 nitrogen and oxygen atoms in total. The van der Waals surface area contributed by atoms with Crippen molar-refractivity contribution in [1.82, 2.24) is 0 Å². The Morgan fingerprint density at radius 3 is 3.00 bits per heavy atom. The number of rotatable bonds is 2. The lowest BCUT2D eigenvalue weighted by Crippen LogP contribution is -2.27. The molecule has 0 spiro atoms. The molecule has 1 aliphatic rings. The minimum Gasteiger partial charge on any atom is -0.392 e. The van der Waals surface area contributed by atoms with Gasteiger partial charge in [0.05, 0.1) is 13.2 Å². The van der Waals surface area contributed by atoms with E-state index in [0.717, 1.165) is 31.8 Å². The lowest BCUT2D eigenvalue weighted by molar-refractivity contribution is 0.152. The Morgan fingerprint density at radius 1 is 1.31 bits per heavy atom. The first-order valence-corrected chi connectivity index (χ1v) is 5.53. The van der Waals surface area contributed by atoms with E-state index in [1.54, 1.807) is 6.07 Å². The summed E-state index contributed by atoms with van der Waals surface area (Å²) in [6, 6.07) is 4.55. The van der Waals surface area contributed by atoms with Crippen LogP contribution in [0.2, 0.25) is 0 Å². The Balaban J connectivity index is 2.23. The van der Waals surface area contributed by atoms with E-state index in [0.29, 0.717) is 12.2 Å². The van der Waals surface area contributed by atoms with Crippen LogP contribution in [0.15, 0.2) is 18.2 Å². The van der Waals surface area contributed by atoms with Gasteiger partial charge in [0.2, 0.25) is 0 Å². The minimum absolute atomic E-state index is 0.134. The number of hydrogen-bond acceptors (Lipinski definition) is 3. The highest BCUT2D eigenvalue weighted by atomic mass is 19.1. The van der Waals surface area contributed by atoms with Gasteiger partial charge in [-0.2, -0.15) is 0 Å². The average Bonchev–Trinajstić information content (AvgIpc) is 2.57. The maximum atomic E-state index is 13.0. The van der Waals surface area contributed by atoms with Gasteiger partial charge in [-0.15, -0.1) is 0 Å². The summed E-state index contributed by atoms with van der Waals surface area (Å²) in [5.41, 5.74) is 1.55. The number of benzene rings is 1. The van der Waals surface area contributed by atoms with E-state index < -0.39 is 0 Å². The van der Waals surface area contributed by atoms with Crippen molar-refractivity contribution in [3.63, 3.8) is 0 Å². The third-order valence-corrected chi connectivity index (χ3v) is 2.77. The van der Waals surface area contributed by atoms with Gasteiger partial charge in [-0.05, 0) is 24.6 Å². The van der Waals surface area contributed by atoms with E-state index in [2.05, 4.69) is 4.90 Å². The molecule has 1 N–H and O–H groups in total. The summed E-state index contributed by atoms with van der Waals surface area (Å²) in [4.78, 5) is 2.14. The van der Waals surface area contributed by atoms with Crippen LogP contribution in [0.1, 0.15) is 12.0 Å². The molecule has 0 amide bonds. The van der Waals surface area contributed by atoms with Crippen molar-refractivity contribution in [2.24, 2.45) is 0 Å². The molecule has 1 aromatic rings. The topological polar surface area (TPSA) is 32.7 Å². The van der Waals surface area contributed by atoms with Crippen LogP contribution in [0.3, 0.4) is 0 Å². The van der Waals surface area contributed by atoms with Crippen molar-refractivity contribution < 1.29 is 14.2 Å². The minimum atomic E-state index is -0.307. The van der Waals surface area contributed by atoms with Crippen LogP contribution in [0.4, 0.5) is 10.1 Å². The van der Waals surface area contributed by atoms with Crippen LogP contribution in [-0.2, 0) is 11.3 Å². The van der Waals surface area contributed by atoms with Crippen molar-refractivity contribution in [1.29, 1.82) is 0 Å². The summed E-state index contributed by atoms with van der Waals surface area (Å²) in [6.07, 6.45) is 0.961. The molecule has 0 unspecified atom stereocenters. The first kappa shape index (κ1) is 11.4. The number of aliphatic hydroxyl groups excluding tert-OH is 1. The van der Waals surface area contributed by atoms with Gasteiger partial charge in [0.25, 0.3) is 0 Å². The van der Waals surface area contributed by atoms with Crippen LogP contribution in [0.5, 0.6) is 0 Å². The number of nitrogens with zero attached hydrogens (tertiary/aromatic N) is 1. The van der Waals surface area contributed by atoms with Gasteiger partial charge in [0.1, 0.15) is 5.82 Å². The molecule has 0 aliphatic carbocycles. The molecule has 0 aromatic heterocycles. The van der Waals surface area contributed by atoms with Crippen LogP contribution in [-0.4, -0.2) is 31.4 Å². The molecule has 1 saturated heterocycles. The molecular weight excluding hydrogens is 209 g/mol. The summed E-state index contributed by atoms with van der Waals surface area (Å²) in [6.45, 7) is 3.00. The Kier molecular flexibility index (Phi) is 3.74. The highest BCUT2D eigenvalue weighted by Gasteiger charge is 2.13. The predicted octanol–water partition coefficient (Wildman–Crippen LogP) is 1.54. The largest absolute Gasteiger partial charge is 0.392 e. The zero-order valence-corrected chi connectivity index (χ0v) is 9.16. The summed E-state index contributed by atoms with van der Waals surface area (Å²) in [7, 11) is 0. The Labute approximate surface area is 94.4 Å². The van der Waals surface area contributed by atoms with E-state index in [-0.39, 0.29) is 12.4 Å². The summed E-state index contributed by atoms with van der Waals surface area (Å²) in [5, 5.41) is 9.22. The Hall–Kier alpha value is -1.13. The molecule has 1 aromatic carbocycles. The van der Waals surface area contributed by atoms with Gasteiger partial charge < -0.3 is 14.7 Å². The Morgan fingerprint density at radius 2 is 2.19 bits per heavy atom. The molecule has 0 bridgehead atoms. The normalized spacial score (nSPS) is 17.2. The monoisotopic (exact) mass is 225 g/mol. The third kappa shape index (κ3) is 2.51. The fourth-order valence-corrected chi connectivity index (χ4v) is 1.98. The zero-order chi connectivity index (χ0) is 11.4. The molecular formula is C12H16FNO2.